The quantitative estimate of drug-likeness (QED) is 0.828. The largest absolute Gasteiger partial charge is 0.460 e. The van der Waals surface area contributed by atoms with Crippen molar-refractivity contribution in [2.75, 3.05) is 13.1 Å². The van der Waals surface area contributed by atoms with E-state index in [-0.39, 0.29) is 23.7 Å². The number of aromatic nitrogens is 4. The minimum atomic E-state index is -4.55. The lowest BCUT2D eigenvalue weighted by Crippen LogP contribution is -2.42. The van der Waals surface area contributed by atoms with Gasteiger partial charge in [-0.1, -0.05) is 0 Å². The first-order valence-electron chi connectivity index (χ1n) is 7.98. The molecule has 3 rings (SSSR count). The predicted octanol–water partition coefficient (Wildman–Crippen LogP) is 2.28. The number of amides is 1. The van der Waals surface area contributed by atoms with Gasteiger partial charge in [-0.05, 0) is 13.0 Å². The summed E-state index contributed by atoms with van der Waals surface area (Å²) in [5.74, 6) is -0.230. The molecule has 2 aromatic rings. The van der Waals surface area contributed by atoms with Crippen molar-refractivity contribution in [1.29, 1.82) is 0 Å². The number of carbonyl (C=O) groups is 1. The first kappa shape index (κ1) is 18.0. The normalized spacial score (nSPS) is 15.8. The maximum atomic E-state index is 12.7. The number of nitrogens with zero attached hydrogens (tertiary/aromatic N) is 5. The van der Waals surface area contributed by atoms with Gasteiger partial charge >= 0.3 is 12.2 Å². The van der Waals surface area contributed by atoms with E-state index in [1.807, 2.05) is 0 Å². The molecule has 1 aliphatic heterocycles. The molecule has 3 heterocycles. The Hall–Kier alpha value is -2.78. The minimum absolute atomic E-state index is 0.230. The molecule has 26 heavy (non-hydrogen) atoms. The van der Waals surface area contributed by atoms with Gasteiger partial charge in [0.05, 0.1) is 11.9 Å². The number of hydrogen-bond acceptors (Lipinski definition) is 6. The van der Waals surface area contributed by atoms with Gasteiger partial charge in [0, 0.05) is 38.3 Å². The lowest BCUT2D eigenvalue weighted by atomic mass is 10.1. The first-order chi connectivity index (χ1) is 12.3. The van der Waals surface area contributed by atoms with Crippen LogP contribution in [-0.2, 0) is 6.18 Å². The van der Waals surface area contributed by atoms with E-state index in [0.717, 1.165) is 18.0 Å². The number of alkyl halides is 3. The maximum absolute atomic E-state index is 12.7. The van der Waals surface area contributed by atoms with Gasteiger partial charge in [0.15, 0.2) is 5.69 Å². The minimum Gasteiger partial charge on any atom is -0.460 e. The Morgan fingerprint density at radius 1 is 1.19 bits per heavy atom. The van der Waals surface area contributed by atoms with E-state index in [0.29, 0.717) is 25.9 Å². The van der Waals surface area contributed by atoms with Crippen LogP contribution < -0.4 is 4.74 Å². The molecule has 1 saturated heterocycles. The zero-order valence-corrected chi connectivity index (χ0v) is 13.9. The molecular weight excluding hydrogens is 351 g/mol. The summed E-state index contributed by atoms with van der Waals surface area (Å²) in [5.41, 5.74) is -0.0704. The van der Waals surface area contributed by atoms with Gasteiger partial charge in [-0.2, -0.15) is 18.2 Å². The number of hydrogen-bond donors (Lipinski definition) is 0. The summed E-state index contributed by atoms with van der Waals surface area (Å²) in [6.45, 7) is 2.58. The summed E-state index contributed by atoms with van der Waals surface area (Å²) in [7, 11) is 0. The summed E-state index contributed by atoms with van der Waals surface area (Å²) in [6.07, 6.45) is -0.0158. The highest BCUT2D eigenvalue weighted by molar-refractivity contribution is 5.92. The van der Waals surface area contributed by atoms with Crippen LogP contribution in [0.1, 0.15) is 34.7 Å². The molecule has 0 bridgehead atoms. The van der Waals surface area contributed by atoms with Crippen molar-refractivity contribution in [2.24, 2.45) is 0 Å². The molecule has 0 atom stereocenters. The lowest BCUT2D eigenvalue weighted by molar-refractivity contribution is -0.141. The van der Waals surface area contributed by atoms with E-state index in [1.165, 1.54) is 12.4 Å². The molecule has 1 aliphatic rings. The van der Waals surface area contributed by atoms with Gasteiger partial charge in [0.2, 0.25) is 0 Å². The molecule has 138 valence electrons. The highest BCUT2D eigenvalue weighted by Crippen LogP contribution is 2.28. The van der Waals surface area contributed by atoms with Crippen molar-refractivity contribution >= 4 is 5.91 Å². The van der Waals surface area contributed by atoms with Crippen LogP contribution in [0.3, 0.4) is 0 Å². The van der Waals surface area contributed by atoms with E-state index in [9.17, 15) is 18.0 Å². The first-order valence-corrected chi connectivity index (χ1v) is 7.98. The third-order valence-electron chi connectivity index (χ3n) is 3.93. The van der Waals surface area contributed by atoms with E-state index in [1.54, 1.807) is 11.8 Å². The second-order valence-corrected chi connectivity index (χ2v) is 5.87. The van der Waals surface area contributed by atoms with Crippen LogP contribution in [0.5, 0.6) is 6.01 Å². The van der Waals surface area contributed by atoms with Gasteiger partial charge in [-0.15, -0.1) is 0 Å². The number of likely N-dealkylation sites (tertiary alicyclic amines) is 1. The number of halogens is 3. The number of carbonyl (C=O) groups excluding carboxylic acids is 1. The molecule has 1 fully saturated rings. The Labute approximate surface area is 147 Å². The molecule has 0 N–H and O–H groups in total. The molecule has 0 aliphatic carbocycles. The maximum Gasteiger partial charge on any atom is 0.433 e. The molecule has 0 spiro atoms. The Morgan fingerprint density at radius 2 is 1.92 bits per heavy atom. The molecule has 7 nitrogen and oxygen atoms in total. The molecule has 0 unspecified atom stereocenters. The van der Waals surface area contributed by atoms with Gasteiger partial charge in [-0.25, -0.2) is 9.97 Å². The van der Waals surface area contributed by atoms with E-state index >= 15 is 0 Å². The number of aryl methyl sites for hydroxylation is 1. The Balaban J connectivity index is 1.57. The SMILES string of the molecule is Cc1cnc(C(=O)N2CCC(Oc3nccc(C(F)(F)F)n3)CC2)cn1. The van der Waals surface area contributed by atoms with Gasteiger partial charge in [-0.3, -0.25) is 9.78 Å². The van der Waals surface area contributed by atoms with E-state index < -0.39 is 11.9 Å². The third-order valence-corrected chi connectivity index (χ3v) is 3.93. The average Bonchev–Trinajstić information content (AvgIpc) is 2.62. The molecule has 1 amide bonds. The number of piperidine rings is 1. The molecule has 10 heteroatoms. The molecule has 0 saturated carbocycles. The fraction of sp³-hybridized carbons (Fsp3) is 0.438. The van der Waals surface area contributed by atoms with E-state index in [4.69, 9.17) is 4.74 Å². The second kappa shape index (κ2) is 7.22. The summed E-state index contributed by atoms with van der Waals surface area (Å²) in [4.78, 5) is 29.2. The van der Waals surface area contributed by atoms with Crippen LogP contribution in [0.4, 0.5) is 13.2 Å². The average molecular weight is 367 g/mol. The standard InChI is InChI=1S/C16H16F3N5O2/c1-10-8-22-12(9-21-10)14(25)24-6-3-11(4-7-24)26-15-20-5-2-13(23-15)16(17,18)19/h2,5,8-9,11H,3-4,6-7H2,1H3. The fourth-order valence-electron chi connectivity index (χ4n) is 2.55. The summed E-state index contributed by atoms with van der Waals surface area (Å²) < 4.78 is 43.5. The van der Waals surface area contributed by atoms with Gasteiger partial charge in [0.1, 0.15) is 11.8 Å². The van der Waals surface area contributed by atoms with Crippen LogP contribution >= 0.6 is 0 Å². The Kier molecular flexibility index (Phi) is 5.01. The highest BCUT2D eigenvalue weighted by Gasteiger charge is 2.33. The summed E-state index contributed by atoms with van der Waals surface area (Å²) >= 11 is 0. The Bertz CT molecular complexity index is 774. The smallest absolute Gasteiger partial charge is 0.433 e. The number of ether oxygens (including phenoxy) is 1. The summed E-state index contributed by atoms with van der Waals surface area (Å²) in [5, 5.41) is 0. The second-order valence-electron chi connectivity index (χ2n) is 5.87. The lowest BCUT2D eigenvalue weighted by Gasteiger charge is -2.31. The molecular formula is C16H16F3N5O2. The van der Waals surface area contributed by atoms with E-state index in [2.05, 4.69) is 19.9 Å². The van der Waals surface area contributed by atoms with Crippen LogP contribution in [0.15, 0.2) is 24.7 Å². The number of rotatable bonds is 3. The molecule has 0 radical (unpaired) electrons. The predicted molar refractivity (Wildman–Crippen MR) is 83.4 cm³/mol. The van der Waals surface area contributed by atoms with Crippen molar-refractivity contribution in [3.8, 4) is 6.01 Å². The fourth-order valence-corrected chi connectivity index (χ4v) is 2.55. The van der Waals surface area contributed by atoms with Crippen LogP contribution in [0, 0.1) is 6.92 Å². The summed E-state index contributed by atoms with van der Waals surface area (Å²) in [6, 6.07) is 0.477. The third kappa shape index (κ3) is 4.24. The highest BCUT2D eigenvalue weighted by atomic mass is 19.4. The van der Waals surface area contributed by atoms with Crippen LogP contribution in [0.2, 0.25) is 0 Å². The van der Waals surface area contributed by atoms with Crippen molar-refractivity contribution in [3.05, 3.63) is 41.7 Å². The van der Waals surface area contributed by atoms with Crippen molar-refractivity contribution in [3.63, 3.8) is 0 Å². The van der Waals surface area contributed by atoms with Crippen molar-refractivity contribution in [1.82, 2.24) is 24.8 Å². The van der Waals surface area contributed by atoms with Crippen molar-refractivity contribution in [2.45, 2.75) is 32.0 Å². The zero-order chi connectivity index (χ0) is 18.7. The zero-order valence-electron chi connectivity index (χ0n) is 13.9. The van der Waals surface area contributed by atoms with Crippen LogP contribution in [-0.4, -0.2) is 49.9 Å². The van der Waals surface area contributed by atoms with Crippen LogP contribution in [0.25, 0.3) is 0 Å². The molecule has 0 aromatic carbocycles. The van der Waals surface area contributed by atoms with Gasteiger partial charge < -0.3 is 9.64 Å². The topological polar surface area (TPSA) is 81.1 Å². The van der Waals surface area contributed by atoms with Gasteiger partial charge in [0.25, 0.3) is 5.91 Å². The Morgan fingerprint density at radius 3 is 2.54 bits per heavy atom. The molecule has 2 aromatic heterocycles. The monoisotopic (exact) mass is 367 g/mol. The van der Waals surface area contributed by atoms with Crippen molar-refractivity contribution < 1.29 is 22.7 Å².